The summed E-state index contributed by atoms with van der Waals surface area (Å²) in [5, 5.41) is 186. The van der Waals surface area contributed by atoms with E-state index in [0.717, 1.165) is 71.6 Å². The molecule has 0 aromatic carbocycles. The third-order valence-corrected chi connectivity index (χ3v) is 21.5. The Morgan fingerprint density at radius 3 is 1.35 bits per heavy atom. The Labute approximate surface area is 649 Å². The molecule has 4 aliphatic heterocycles. The molecule has 4 aliphatic rings. The molecule has 0 saturated carbocycles. The highest BCUT2D eigenvalue weighted by atomic mass is 16.8. The number of hydrogen-bond acceptors (Lipinski definition) is 27. The van der Waals surface area contributed by atoms with E-state index in [-0.39, 0.29) is 12.3 Å². The van der Waals surface area contributed by atoms with E-state index in [9.17, 15) is 106 Å². The van der Waals surface area contributed by atoms with E-state index >= 15 is 0 Å². The molecule has 0 aromatic rings. The third kappa shape index (κ3) is 33.1. The highest BCUT2D eigenvalue weighted by Gasteiger charge is 2.62. The van der Waals surface area contributed by atoms with Crippen molar-refractivity contribution in [2.45, 2.75) is 418 Å². The molecule has 642 valence electrons. The zero-order valence-electron chi connectivity index (χ0n) is 65.7. The van der Waals surface area contributed by atoms with Gasteiger partial charge in [0.1, 0.15) is 85.5 Å². The van der Waals surface area contributed by atoms with Crippen molar-refractivity contribution in [3.05, 3.63) is 12.2 Å². The smallest absolute Gasteiger partial charge is 0.364 e. The molecular weight excluding hydrogens is 1440 g/mol. The molecule has 0 spiro atoms. The van der Waals surface area contributed by atoms with Crippen molar-refractivity contribution < 1.29 is 144 Å². The highest BCUT2D eigenvalue weighted by Crippen LogP contribution is 2.41. The number of aliphatic carboxylic acids is 2. The largest absolute Gasteiger partial charge is 0.477 e. The first kappa shape index (κ1) is 98.6. The van der Waals surface area contributed by atoms with Crippen LogP contribution in [0, 0.1) is 0 Å². The van der Waals surface area contributed by atoms with Crippen LogP contribution in [0.15, 0.2) is 12.2 Å². The zero-order chi connectivity index (χ0) is 81.2. The molecule has 4 heterocycles. The molecule has 24 unspecified atom stereocenters. The summed E-state index contributed by atoms with van der Waals surface area (Å²) < 4.78 is 46.6. The lowest BCUT2D eigenvalue weighted by Gasteiger charge is -2.51. The Balaban J connectivity index is 1.42. The molecule has 4 fully saturated rings. The number of nitrogens with one attached hydrogen (secondary N) is 3. The van der Waals surface area contributed by atoms with Gasteiger partial charge in [0.25, 0.3) is 11.6 Å². The standard InChI is InChI=1S/C78H141N3O29/c1-5-7-9-11-13-15-17-19-20-21-22-23-24-25-26-27-28-30-32-34-36-38-40-42-60(92)81-52(53(88)41-39-37-35-33-31-29-18-16-14-12-10-8-6-2)49-103-73-67(97)66(96)69(59(48-85)105-73)106-74-68(98)72(64(94)57(46-83)104-74)110-78(76(101)102)44-55(90)62(80-51(4)87)71(109-78)65(95)58(47-84)107-77(75(99)100)43-54(89)61(79-50(3)86)70(108-77)63(93)56(91)45-82/h19-20,52-59,61-74,82-85,88-91,93-98H,5-18,21-49H2,1-4H3,(H,79,86)(H,80,87)(H,81,92)(H,99,100)(H,101,102). The second-order valence-electron chi connectivity index (χ2n) is 30.7. The van der Waals surface area contributed by atoms with E-state index in [0.29, 0.717) is 19.3 Å². The third-order valence-electron chi connectivity index (χ3n) is 21.5. The number of aliphatic hydroxyl groups is 14. The fourth-order valence-corrected chi connectivity index (χ4v) is 14.9. The van der Waals surface area contributed by atoms with Crippen molar-refractivity contribution in [3.63, 3.8) is 0 Å². The molecule has 19 N–H and O–H groups in total. The van der Waals surface area contributed by atoms with E-state index in [1.807, 2.05) is 0 Å². The van der Waals surface area contributed by atoms with Gasteiger partial charge in [0, 0.05) is 33.1 Å². The predicted molar refractivity (Wildman–Crippen MR) is 400 cm³/mol. The van der Waals surface area contributed by atoms with Gasteiger partial charge in [-0.25, -0.2) is 9.59 Å². The number of rotatable bonds is 60. The summed E-state index contributed by atoms with van der Waals surface area (Å²) in [5.41, 5.74) is 0. The van der Waals surface area contributed by atoms with Crippen molar-refractivity contribution in [2.24, 2.45) is 0 Å². The van der Waals surface area contributed by atoms with Crippen LogP contribution in [-0.4, -0.2) is 290 Å². The van der Waals surface area contributed by atoms with Crippen LogP contribution in [0.25, 0.3) is 0 Å². The van der Waals surface area contributed by atoms with Crippen LogP contribution in [0.2, 0.25) is 0 Å². The van der Waals surface area contributed by atoms with Crippen molar-refractivity contribution >= 4 is 29.7 Å². The van der Waals surface area contributed by atoms with E-state index in [4.69, 9.17) is 37.9 Å². The Bertz CT molecular complexity index is 2550. The van der Waals surface area contributed by atoms with Gasteiger partial charge >= 0.3 is 11.9 Å². The number of carboxylic acid groups (broad SMARTS) is 2. The van der Waals surface area contributed by atoms with Gasteiger partial charge < -0.3 is 136 Å². The van der Waals surface area contributed by atoms with Crippen molar-refractivity contribution in [1.82, 2.24) is 16.0 Å². The Kier molecular flexibility index (Phi) is 48.6. The topological polar surface area (TPSA) is 519 Å². The van der Waals surface area contributed by atoms with Crippen molar-refractivity contribution in [3.8, 4) is 0 Å². The lowest BCUT2D eigenvalue weighted by molar-refractivity contribution is -0.388. The molecule has 4 rings (SSSR count). The molecular formula is C78H141N3O29. The summed E-state index contributed by atoms with van der Waals surface area (Å²) in [7, 11) is 0. The zero-order valence-corrected chi connectivity index (χ0v) is 65.7. The summed E-state index contributed by atoms with van der Waals surface area (Å²) >= 11 is 0. The highest BCUT2D eigenvalue weighted by molar-refractivity contribution is 5.78. The van der Waals surface area contributed by atoms with Crippen LogP contribution in [0.3, 0.4) is 0 Å². The van der Waals surface area contributed by atoms with Crippen LogP contribution in [0.5, 0.6) is 0 Å². The van der Waals surface area contributed by atoms with Crippen LogP contribution >= 0.6 is 0 Å². The molecule has 0 bridgehead atoms. The maximum absolute atomic E-state index is 13.6. The number of amides is 3. The van der Waals surface area contributed by atoms with Gasteiger partial charge in [-0.2, -0.15) is 0 Å². The fraction of sp³-hybridized carbons (Fsp3) is 0.910. The number of carbonyl (C=O) groups excluding carboxylic acids is 3. The minimum Gasteiger partial charge on any atom is -0.477 e. The summed E-state index contributed by atoms with van der Waals surface area (Å²) in [6, 6.07) is -4.64. The minimum atomic E-state index is -3.39. The van der Waals surface area contributed by atoms with Gasteiger partial charge in [-0.15, -0.1) is 0 Å². The van der Waals surface area contributed by atoms with Gasteiger partial charge in [0.05, 0.1) is 69.5 Å². The van der Waals surface area contributed by atoms with Crippen molar-refractivity contribution in [2.75, 3.05) is 33.0 Å². The van der Waals surface area contributed by atoms with Crippen LogP contribution in [0.4, 0.5) is 0 Å². The molecule has 0 aromatic heterocycles. The van der Waals surface area contributed by atoms with E-state index in [2.05, 4.69) is 41.9 Å². The summed E-state index contributed by atoms with van der Waals surface area (Å²) in [6.45, 7) is 1.21. The number of hydrogen-bond donors (Lipinski definition) is 19. The first-order valence-corrected chi connectivity index (χ1v) is 41.2. The number of aliphatic hydroxyl groups excluding tert-OH is 14. The minimum absolute atomic E-state index is 0.176. The van der Waals surface area contributed by atoms with Gasteiger partial charge in [0.2, 0.25) is 17.7 Å². The number of carbonyl (C=O) groups is 5. The fourth-order valence-electron chi connectivity index (χ4n) is 14.9. The second-order valence-corrected chi connectivity index (χ2v) is 30.7. The molecule has 110 heavy (non-hydrogen) atoms. The molecule has 24 atom stereocenters. The monoisotopic (exact) mass is 1580 g/mol. The Morgan fingerprint density at radius 1 is 0.482 bits per heavy atom. The first-order chi connectivity index (χ1) is 52.7. The maximum Gasteiger partial charge on any atom is 0.364 e. The van der Waals surface area contributed by atoms with Crippen molar-refractivity contribution in [1.29, 1.82) is 0 Å². The number of allylic oxidation sites excluding steroid dienone is 2. The quantitative estimate of drug-likeness (QED) is 0.0306. The van der Waals surface area contributed by atoms with Crippen LogP contribution in [-0.2, 0) is 61.9 Å². The lowest BCUT2D eigenvalue weighted by Crippen LogP contribution is -2.72. The predicted octanol–water partition coefficient (Wildman–Crippen LogP) is 3.46. The van der Waals surface area contributed by atoms with E-state index in [1.165, 1.54) is 148 Å². The molecule has 32 heteroatoms. The summed E-state index contributed by atoms with van der Waals surface area (Å²) in [6.07, 6.45) is 2.34. The van der Waals surface area contributed by atoms with E-state index < -0.39 is 216 Å². The average molecular weight is 1580 g/mol. The molecule has 0 radical (unpaired) electrons. The van der Waals surface area contributed by atoms with Gasteiger partial charge in [-0.3, -0.25) is 14.4 Å². The molecule has 32 nitrogen and oxygen atoms in total. The Morgan fingerprint density at radius 2 is 0.909 bits per heavy atom. The number of ether oxygens (including phenoxy) is 8. The first-order valence-electron chi connectivity index (χ1n) is 41.2. The lowest BCUT2D eigenvalue weighted by atomic mass is 9.87. The summed E-state index contributed by atoms with van der Waals surface area (Å²) in [5.74, 6) is -13.1. The summed E-state index contributed by atoms with van der Waals surface area (Å²) in [4.78, 5) is 65.2. The second kappa shape index (κ2) is 54.2. The Hall–Kier alpha value is -3.79. The van der Waals surface area contributed by atoms with Gasteiger partial charge in [-0.1, -0.05) is 212 Å². The average Bonchev–Trinajstić information content (AvgIpc) is 0.752. The SMILES string of the molecule is CCCCCCCCC=CCCCCCCCCCCCCCCCC(=O)NC(COC1OC(CO)C(OC2OC(CO)C(O)C(OC3(C(=O)O)CC(O)C(NC(C)=O)C(C(O)C(CO)OC4(C(=O)O)CC(O)C(NC(C)=O)C(C(O)C(O)CO)O4)O3)C2O)C(O)C1O)C(O)CCCCCCCCCCCCCCC. The number of unbranched alkanes of at least 4 members (excludes halogenated alkanes) is 31. The van der Waals surface area contributed by atoms with Crippen LogP contribution < -0.4 is 16.0 Å². The van der Waals surface area contributed by atoms with Crippen LogP contribution in [0.1, 0.15) is 272 Å². The van der Waals surface area contributed by atoms with Gasteiger partial charge in [-0.05, 0) is 38.5 Å². The molecule has 4 saturated heterocycles. The van der Waals surface area contributed by atoms with Gasteiger partial charge in [0.15, 0.2) is 12.6 Å². The molecule has 0 aliphatic carbocycles. The molecule has 3 amide bonds. The number of carboxylic acids is 2. The van der Waals surface area contributed by atoms with E-state index in [1.54, 1.807) is 0 Å². The normalized spacial score (nSPS) is 30.3. The maximum atomic E-state index is 13.6.